The molecule has 3 nitrogen and oxygen atoms in total. The first-order valence-electron chi connectivity index (χ1n) is 7.59. The van der Waals surface area contributed by atoms with E-state index in [4.69, 9.17) is 9.72 Å². The van der Waals surface area contributed by atoms with Gasteiger partial charge in [-0.05, 0) is 36.4 Å². The first kappa shape index (κ1) is 14.6. The number of pyridine rings is 1. The molecular weight excluding hydrogens is 328 g/mol. The Kier molecular flexibility index (Phi) is 4.63. The quantitative estimate of drug-likeness (QED) is 0.769. The topological polar surface area (TPSA) is 25.4 Å². The van der Waals surface area contributed by atoms with Crippen LogP contribution >= 0.6 is 15.9 Å². The average molecular weight is 349 g/mol. The summed E-state index contributed by atoms with van der Waals surface area (Å²) in [6.45, 7) is 1.08. The summed E-state index contributed by atoms with van der Waals surface area (Å²) in [6, 6.07) is 8.82. The van der Waals surface area contributed by atoms with Crippen LogP contribution in [0.5, 0.6) is 5.75 Å². The molecule has 112 valence electrons. The number of aromatic nitrogens is 1. The fourth-order valence-corrected chi connectivity index (χ4v) is 3.78. The van der Waals surface area contributed by atoms with Gasteiger partial charge >= 0.3 is 0 Å². The molecule has 1 aliphatic heterocycles. The van der Waals surface area contributed by atoms with Crippen LogP contribution in [0.4, 0.5) is 5.82 Å². The molecule has 2 aromatic rings. The molecule has 0 spiro atoms. The second kappa shape index (κ2) is 6.65. The Morgan fingerprint density at radius 2 is 2.19 bits per heavy atom. The lowest BCUT2D eigenvalue weighted by Gasteiger charge is -2.30. The Bertz CT molecular complexity index is 617. The molecule has 1 aromatic heterocycles. The van der Waals surface area contributed by atoms with Crippen molar-refractivity contribution in [3.8, 4) is 5.75 Å². The van der Waals surface area contributed by atoms with Crippen molar-refractivity contribution >= 4 is 32.5 Å². The van der Waals surface area contributed by atoms with Gasteiger partial charge in [0.25, 0.3) is 0 Å². The fourth-order valence-electron chi connectivity index (χ4n) is 3.10. The van der Waals surface area contributed by atoms with Crippen LogP contribution in [0.25, 0.3) is 10.8 Å². The fraction of sp³-hybridized carbons (Fsp3) is 0.471. The van der Waals surface area contributed by atoms with Gasteiger partial charge in [0.2, 0.25) is 0 Å². The minimum absolute atomic E-state index is 0.525. The molecule has 0 aliphatic carbocycles. The zero-order valence-electron chi connectivity index (χ0n) is 12.4. The molecule has 0 amide bonds. The lowest BCUT2D eigenvalue weighted by molar-refractivity contribution is 0.415. The van der Waals surface area contributed by atoms with Gasteiger partial charge in [0.05, 0.1) is 7.11 Å². The molecule has 4 heteroatoms. The number of anilines is 1. The number of nitrogens with zero attached hydrogens (tertiary/aromatic N) is 2. The van der Waals surface area contributed by atoms with Gasteiger partial charge in [-0.25, -0.2) is 4.98 Å². The van der Waals surface area contributed by atoms with Crippen molar-refractivity contribution in [2.75, 3.05) is 23.9 Å². The largest absolute Gasteiger partial charge is 0.497 e. The Morgan fingerprint density at radius 3 is 3.00 bits per heavy atom. The smallest absolute Gasteiger partial charge is 0.136 e. The first-order chi connectivity index (χ1) is 10.3. The Balaban J connectivity index is 2.08. The van der Waals surface area contributed by atoms with E-state index in [-0.39, 0.29) is 0 Å². The zero-order chi connectivity index (χ0) is 14.7. The number of ether oxygens (including phenoxy) is 1. The maximum Gasteiger partial charge on any atom is 0.136 e. The summed E-state index contributed by atoms with van der Waals surface area (Å²) in [5.74, 6) is 1.99. The normalized spacial score (nSPS) is 19.5. The van der Waals surface area contributed by atoms with Crippen LogP contribution in [0.2, 0.25) is 0 Å². The second-order valence-corrected chi connectivity index (χ2v) is 6.22. The highest BCUT2D eigenvalue weighted by Crippen LogP contribution is 2.32. The summed E-state index contributed by atoms with van der Waals surface area (Å²) in [5.41, 5.74) is 0. The predicted molar refractivity (Wildman–Crippen MR) is 91.7 cm³/mol. The van der Waals surface area contributed by atoms with Gasteiger partial charge in [-0.3, -0.25) is 0 Å². The molecule has 3 rings (SSSR count). The molecule has 1 aliphatic rings. The molecule has 1 aromatic carbocycles. The van der Waals surface area contributed by atoms with Crippen LogP contribution in [0.1, 0.15) is 25.7 Å². The second-order valence-electron chi connectivity index (χ2n) is 5.57. The molecule has 0 bridgehead atoms. The maximum atomic E-state index is 5.39. The third-order valence-corrected chi connectivity index (χ3v) is 5.03. The molecule has 1 fully saturated rings. The monoisotopic (exact) mass is 348 g/mol. The summed E-state index contributed by atoms with van der Waals surface area (Å²) in [4.78, 5) is 7.17. The van der Waals surface area contributed by atoms with Crippen molar-refractivity contribution in [3.63, 3.8) is 0 Å². The minimum Gasteiger partial charge on any atom is -0.497 e. The van der Waals surface area contributed by atoms with Crippen molar-refractivity contribution in [1.29, 1.82) is 0 Å². The van der Waals surface area contributed by atoms with Gasteiger partial charge < -0.3 is 9.64 Å². The van der Waals surface area contributed by atoms with Crippen LogP contribution in [0.15, 0.2) is 30.5 Å². The van der Waals surface area contributed by atoms with Gasteiger partial charge in [-0.15, -0.1) is 0 Å². The van der Waals surface area contributed by atoms with E-state index < -0.39 is 0 Å². The van der Waals surface area contributed by atoms with E-state index in [9.17, 15) is 0 Å². The van der Waals surface area contributed by atoms with E-state index in [2.05, 4.69) is 39.0 Å². The molecule has 21 heavy (non-hydrogen) atoms. The highest BCUT2D eigenvalue weighted by Gasteiger charge is 2.22. The molecule has 0 radical (unpaired) electrons. The summed E-state index contributed by atoms with van der Waals surface area (Å²) < 4.78 is 5.39. The van der Waals surface area contributed by atoms with E-state index in [1.807, 2.05) is 12.3 Å². The van der Waals surface area contributed by atoms with Crippen molar-refractivity contribution in [3.05, 3.63) is 30.5 Å². The summed E-state index contributed by atoms with van der Waals surface area (Å²) in [6.07, 6.45) is 7.01. The van der Waals surface area contributed by atoms with Crippen LogP contribution < -0.4 is 9.64 Å². The average Bonchev–Trinajstić information content (AvgIpc) is 2.78. The maximum absolute atomic E-state index is 5.39. The highest BCUT2D eigenvalue weighted by atomic mass is 79.9. The molecule has 1 saturated heterocycles. The lowest BCUT2D eigenvalue weighted by atomic mass is 10.1. The first-order valence-corrected chi connectivity index (χ1v) is 8.71. The van der Waals surface area contributed by atoms with Crippen molar-refractivity contribution < 1.29 is 4.74 Å². The number of rotatable bonds is 3. The summed E-state index contributed by atoms with van der Waals surface area (Å²) >= 11 is 3.68. The Labute approximate surface area is 134 Å². The molecule has 0 N–H and O–H groups in total. The van der Waals surface area contributed by atoms with Gasteiger partial charge in [0.1, 0.15) is 11.6 Å². The lowest BCUT2D eigenvalue weighted by Crippen LogP contribution is -2.36. The SMILES string of the molecule is COc1ccc2ccnc(N3CCCCCC3CBr)c2c1. The van der Waals surface area contributed by atoms with Crippen LogP contribution in [-0.2, 0) is 0 Å². The van der Waals surface area contributed by atoms with Crippen LogP contribution in [0.3, 0.4) is 0 Å². The number of alkyl halides is 1. The number of hydrogen-bond acceptors (Lipinski definition) is 3. The predicted octanol–water partition coefficient (Wildman–Crippen LogP) is 4.39. The van der Waals surface area contributed by atoms with Gasteiger partial charge in [0, 0.05) is 29.5 Å². The summed E-state index contributed by atoms with van der Waals surface area (Å²) in [5, 5.41) is 3.40. The van der Waals surface area contributed by atoms with Gasteiger partial charge in [-0.2, -0.15) is 0 Å². The van der Waals surface area contributed by atoms with Gasteiger partial charge in [0.15, 0.2) is 0 Å². The summed E-state index contributed by atoms with van der Waals surface area (Å²) in [7, 11) is 1.71. The van der Waals surface area contributed by atoms with E-state index in [1.165, 1.54) is 36.5 Å². The molecule has 2 heterocycles. The molecule has 1 atom stereocenters. The highest BCUT2D eigenvalue weighted by molar-refractivity contribution is 9.09. The molecular formula is C17H21BrN2O. The number of halogens is 1. The van der Waals surface area contributed by atoms with Crippen LogP contribution in [-0.4, -0.2) is 30.0 Å². The Hall–Kier alpha value is -1.29. The zero-order valence-corrected chi connectivity index (χ0v) is 14.0. The number of fused-ring (bicyclic) bond motifs is 1. The van der Waals surface area contributed by atoms with Crippen molar-refractivity contribution in [2.45, 2.75) is 31.7 Å². The molecule has 1 unspecified atom stereocenters. The minimum atomic E-state index is 0.525. The Morgan fingerprint density at radius 1 is 1.29 bits per heavy atom. The van der Waals surface area contributed by atoms with Gasteiger partial charge in [-0.1, -0.05) is 34.8 Å². The number of benzene rings is 1. The van der Waals surface area contributed by atoms with E-state index >= 15 is 0 Å². The van der Waals surface area contributed by atoms with E-state index in [1.54, 1.807) is 7.11 Å². The van der Waals surface area contributed by atoms with Crippen LogP contribution in [0, 0.1) is 0 Å². The molecule has 0 saturated carbocycles. The third-order valence-electron chi connectivity index (χ3n) is 4.28. The van der Waals surface area contributed by atoms with Crippen molar-refractivity contribution in [1.82, 2.24) is 4.98 Å². The number of methoxy groups -OCH3 is 1. The van der Waals surface area contributed by atoms with E-state index in [0.717, 1.165) is 23.4 Å². The van der Waals surface area contributed by atoms with E-state index in [0.29, 0.717) is 6.04 Å². The standard InChI is InChI=1S/C17H21BrN2O/c1-21-15-7-6-13-8-9-19-17(16(13)11-15)20-10-4-2-3-5-14(20)12-18/h6-9,11,14H,2-5,10,12H2,1H3. The third kappa shape index (κ3) is 3.00. The number of hydrogen-bond donors (Lipinski definition) is 0. The van der Waals surface area contributed by atoms with Crippen molar-refractivity contribution in [2.24, 2.45) is 0 Å².